The molecule has 0 spiro atoms. The molecule has 1 aliphatic heterocycles. The number of hydrogen-bond donors (Lipinski definition) is 1. The lowest BCUT2D eigenvalue weighted by molar-refractivity contribution is -0.143. The Balaban J connectivity index is 1.57. The minimum absolute atomic E-state index is 0.0227. The number of carbonyl (C=O) groups excluding carboxylic acids is 2. The summed E-state index contributed by atoms with van der Waals surface area (Å²) in [5, 5.41) is 2.82. The molecule has 3 rings (SSSR count). The molecule has 2 amide bonds. The molecule has 2 aliphatic rings. The van der Waals surface area contributed by atoms with E-state index in [-0.39, 0.29) is 29.7 Å². The van der Waals surface area contributed by atoms with Gasteiger partial charge in [0.2, 0.25) is 11.8 Å². The van der Waals surface area contributed by atoms with Gasteiger partial charge in [-0.05, 0) is 37.5 Å². The lowest BCUT2D eigenvalue weighted by Gasteiger charge is -2.35. The van der Waals surface area contributed by atoms with Crippen LogP contribution in [0.15, 0.2) is 24.3 Å². The highest BCUT2D eigenvalue weighted by molar-refractivity contribution is 5.88. The SMILES string of the molecule is CC(NC(=O)C1CCC1)C(=O)N1CCOC(c2ccc(F)cc2)C1. The van der Waals surface area contributed by atoms with Crippen molar-refractivity contribution < 1.29 is 18.7 Å². The second-order valence-electron chi connectivity index (χ2n) is 6.55. The first-order valence-corrected chi connectivity index (χ1v) is 8.51. The van der Waals surface area contributed by atoms with Crippen LogP contribution in [0.5, 0.6) is 0 Å². The topological polar surface area (TPSA) is 58.6 Å². The lowest BCUT2D eigenvalue weighted by Crippen LogP contribution is -2.52. The van der Waals surface area contributed by atoms with Gasteiger partial charge in [-0.2, -0.15) is 0 Å². The van der Waals surface area contributed by atoms with Crippen LogP contribution in [0.2, 0.25) is 0 Å². The molecule has 1 saturated carbocycles. The maximum Gasteiger partial charge on any atom is 0.245 e. The molecule has 1 saturated heterocycles. The van der Waals surface area contributed by atoms with E-state index in [1.807, 2.05) is 0 Å². The Hall–Kier alpha value is -1.95. The summed E-state index contributed by atoms with van der Waals surface area (Å²) in [6, 6.07) is 5.60. The molecule has 1 heterocycles. The third-order valence-corrected chi connectivity index (χ3v) is 4.83. The van der Waals surface area contributed by atoms with Crippen molar-refractivity contribution in [2.45, 2.75) is 38.3 Å². The molecule has 2 unspecified atom stereocenters. The number of hydrogen-bond acceptors (Lipinski definition) is 3. The van der Waals surface area contributed by atoms with Gasteiger partial charge in [0.15, 0.2) is 0 Å². The van der Waals surface area contributed by atoms with Gasteiger partial charge in [-0.3, -0.25) is 9.59 Å². The van der Waals surface area contributed by atoms with Crippen LogP contribution < -0.4 is 5.32 Å². The molecule has 1 aliphatic carbocycles. The Morgan fingerprint density at radius 3 is 2.62 bits per heavy atom. The predicted octanol–water partition coefficient (Wildman–Crippen LogP) is 2.03. The summed E-state index contributed by atoms with van der Waals surface area (Å²) in [7, 11) is 0. The fourth-order valence-corrected chi connectivity index (χ4v) is 3.07. The summed E-state index contributed by atoms with van der Waals surface area (Å²) in [4.78, 5) is 26.3. The van der Waals surface area contributed by atoms with E-state index in [1.54, 1.807) is 24.0 Å². The monoisotopic (exact) mass is 334 g/mol. The molecular formula is C18H23FN2O3. The summed E-state index contributed by atoms with van der Waals surface area (Å²) >= 11 is 0. The zero-order valence-corrected chi connectivity index (χ0v) is 13.8. The lowest BCUT2D eigenvalue weighted by atomic mass is 9.84. The van der Waals surface area contributed by atoms with Gasteiger partial charge in [0.05, 0.1) is 13.2 Å². The molecule has 5 nitrogen and oxygen atoms in total. The number of ether oxygens (including phenoxy) is 1. The minimum Gasteiger partial charge on any atom is -0.370 e. The molecule has 1 N–H and O–H groups in total. The second kappa shape index (κ2) is 7.30. The van der Waals surface area contributed by atoms with E-state index in [4.69, 9.17) is 4.74 Å². The Kier molecular flexibility index (Phi) is 5.14. The highest BCUT2D eigenvalue weighted by atomic mass is 19.1. The average Bonchev–Trinajstić information content (AvgIpc) is 2.53. The predicted molar refractivity (Wildman–Crippen MR) is 86.6 cm³/mol. The highest BCUT2D eigenvalue weighted by Crippen LogP contribution is 2.26. The maximum absolute atomic E-state index is 13.0. The van der Waals surface area contributed by atoms with E-state index in [0.717, 1.165) is 24.8 Å². The Morgan fingerprint density at radius 1 is 1.29 bits per heavy atom. The molecule has 2 fully saturated rings. The zero-order valence-electron chi connectivity index (χ0n) is 13.8. The van der Waals surface area contributed by atoms with Crippen LogP contribution in [0.3, 0.4) is 0 Å². The van der Waals surface area contributed by atoms with Crippen LogP contribution in [0.25, 0.3) is 0 Å². The Morgan fingerprint density at radius 2 is 2.00 bits per heavy atom. The molecule has 24 heavy (non-hydrogen) atoms. The van der Waals surface area contributed by atoms with E-state index < -0.39 is 6.04 Å². The number of amides is 2. The fraction of sp³-hybridized carbons (Fsp3) is 0.556. The first kappa shape index (κ1) is 16.9. The molecule has 0 radical (unpaired) electrons. The van der Waals surface area contributed by atoms with Gasteiger partial charge < -0.3 is 15.0 Å². The normalized spacial score (nSPS) is 22.6. The largest absolute Gasteiger partial charge is 0.370 e. The van der Waals surface area contributed by atoms with Gasteiger partial charge in [-0.15, -0.1) is 0 Å². The van der Waals surface area contributed by atoms with Crippen LogP contribution in [0.4, 0.5) is 4.39 Å². The summed E-state index contributed by atoms with van der Waals surface area (Å²) in [5.74, 6) is -0.352. The van der Waals surface area contributed by atoms with E-state index in [9.17, 15) is 14.0 Å². The molecule has 1 aromatic carbocycles. The number of halogens is 1. The van der Waals surface area contributed by atoms with Crippen molar-refractivity contribution in [2.75, 3.05) is 19.7 Å². The molecule has 130 valence electrons. The van der Waals surface area contributed by atoms with Crippen molar-refractivity contribution in [1.29, 1.82) is 0 Å². The number of morpholine rings is 1. The summed E-state index contributed by atoms with van der Waals surface area (Å²) in [6.45, 7) is 3.06. The van der Waals surface area contributed by atoms with Gasteiger partial charge in [0.25, 0.3) is 0 Å². The molecule has 0 aromatic heterocycles. The van der Waals surface area contributed by atoms with Gasteiger partial charge in [-0.25, -0.2) is 4.39 Å². The van der Waals surface area contributed by atoms with E-state index in [1.165, 1.54) is 12.1 Å². The first-order chi connectivity index (χ1) is 11.5. The van der Waals surface area contributed by atoms with Gasteiger partial charge >= 0.3 is 0 Å². The number of rotatable bonds is 4. The number of nitrogens with zero attached hydrogens (tertiary/aromatic N) is 1. The van der Waals surface area contributed by atoms with Crippen LogP contribution in [-0.2, 0) is 14.3 Å². The van der Waals surface area contributed by atoms with E-state index >= 15 is 0 Å². The van der Waals surface area contributed by atoms with Gasteiger partial charge in [-0.1, -0.05) is 18.6 Å². The fourth-order valence-electron chi connectivity index (χ4n) is 3.07. The van der Waals surface area contributed by atoms with E-state index in [2.05, 4.69) is 5.32 Å². The standard InChI is InChI=1S/C18H23FN2O3/c1-12(20-17(22)14-3-2-4-14)18(23)21-9-10-24-16(11-21)13-5-7-15(19)8-6-13/h5-8,12,14,16H,2-4,9-11H2,1H3,(H,20,22). The summed E-state index contributed by atoms with van der Waals surface area (Å²) < 4.78 is 18.7. The average molecular weight is 334 g/mol. The van der Waals surface area contributed by atoms with Crippen LogP contribution >= 0.6 is 0 Å². The van der Waals surface area contributed by atoms with Gasteiger partial charge in [0.1, 0.15) is 18.0 Å². The maximum atomic E-state index is 13.0. The first-order valence-electron chi connectivity index (χ1n) is 8.51. The van der Waals surface area contributed by atoms with Crippen molar-refractivity contribution in [2.24, 2.45) is 5.92 Å². The van der Waals surface area contributed by atoms with Crippen molar-refractivity contribution >= 4 is 11.8 Å². The van der Waals surface area contributed by atoms with Crippen molar-refractivity contribution in [1.82, 2.24) is 10.2 Å². The highest BCUT2D eigenvalue weighted by Gasteiger charge is 2.31. The second-order valence-corrected chi connectivity index (χ2v) is 6.55. The van der Waals surface area contributed by atoms with Crippen LogP contribution in [-0.4, -0.2) is 42.5 Å². The van der Waals surface area contributed by atoms with Gasteiger partial charge in [0, 0.05) is 12.5 Å². The minimum atomic E-state index is -0.537. The molecule has 1 aromatic rings. The van der Waals surface area contributed by atoms with Crippen molar-refractivity contribution in [3.05, 3.63) is 35.6 Å². The van der Waals surface area contributed by atoms with E-state index in [0.29, 0.717) is 19.7 Å². The molecular weight excluding hydrogens is 311 g/mol. The molecule has 2 atom stereocenters. The molecule has 0 bridgehead atoms. The molecule has 6 heteroatoms. The third-order valence-electron chi connectivity index (χ3n) is 4.83. The van der Waals surface area contributed by atoms with Crippen molar-refractivity contribution in [3.63, 3.8) is 0 Å². The number of carbonyl (C=O) groups is 2. The zero-order chi connectivity index (χ0) is 17.1. The summed E-state index contributed by atoms with van der Waals surface area (Å²) in [6.07, 6.45) is 2.65. The van der Waals surface area contributed by atoms with Crippen LogP contribution in [0.1, 0.15) is 37.9 Å². The quantitative estimate of drug-likeness (QED) is 0.917. The third kappa shape index (κ3) is 3.75. The Labute approximate surface area is 141 Å². The van der Waals surface area contributed by atoms with Crippen LogP contribution in [0, 0.1) is 11.7 Å². The number of nitrogens with one attached hydrogen (secondary N) is 1. The number of benzene rings is 1. The van der Waals surface area contributed by atoms with Crippen molar-refractivity contribution in [3.8, 4) is 0 Å². The Bertz CT molecular complexity index is 601. The smallest absolute Gasteiger partial charge is 0.245 e. The summed E-state index contributed by atoms with van der Waals surface area (Å²) in [5.41, 5.74) is 0.847.